The molecule has 2 aromatic carbocycles. The molecule has 0 radical (unpaired) electrons. The predicted octanol–water partition coefficient (Wildman–Crippen LogP) is 10.1. The van der Waals surface area contributed by atoms with Crippen molar-refractivity contribution >= 4 is 44.0 Å². The van der Waals surface area contributed by atoms with Gasteiger partial charge in [-0.15, -0.1) is 0 Å². The first-order valence-electron chi connectivity index (χ1n) is 17.3. The molecule has 47 heavy (non-hydrogen) atoms. The summed E-state index contributed by atoms with van der Waals surface area (Å²) in [5.41, 5.74) is -0.174. The number of benzene rings is 2. The van der Waals surface area contributed by atoms with Crippen LogP contribution in [-0.2, 0) is 29.2 Å². The van der Waals surface area contributed by atoms with Crippen molar-refractivity contribution in [1.82, 2.24) is 0 Å². The van der Waals surface area contributed by atoms with Gasteiger partial charge in [0.15, 0.2) is 0 Å². The van der Waals surface area contributed by atoms with Crippen molar-refractivity contribution < 1.29 is 26.4 Å². The Morgan fingerprint density at radius 3 is 1.55 bits per heavy atom. The van der Waals surface area contributed by atoms with Crippen molar-refractivity contribution in [3.63, 3.8) is 0 Å². The molecule has 0 N–H and O–H groups in total. The zero-order chi connectivity index (χ0) is 35.2. The van der Waals surface area contributed by atoms with Crippen LogP contribution in [0, 0.1) is 0 Å². The van der Waals surface area contributed by atoms with Crippen molar-refractivity contribution in [2.24, 2.45) is 0 Å². The van der Waals surface area contributed by atoms with Crippen LogP contribution in [0.2, 0.25) is 17.7 Å². The second kappa shape index (κ2) is 18.7. The van der Waals surface area contributed by atoms with Gasteiger partial charge in [0.2, 0.25) is 0 Å². The molecule has 0 heterocycles. The number of allylic oxidation sites excluding steroid dienone is 2. The minimum absolute atomic E-state index is 0.0479. The molecule has 2 rings (SSSR count). The first-order valence-corrected chi connectivity index (χ1v) is 28.3. The summed E-state index contributed by atoms with van der Waals surface area (Å²) in [4.78, 5) is 11.9. The molecule has 0 aromatic heterocycles. The molecule has 0 spiro atoms. The molecule has 1 unspecified atom stereocenters. The van der Waals surface area contributed by atoms with E-state index in [2.05, 4.69) is 34.3 Å². The van der Waals surface area contributed by atoms with E-state index in [-0.39, 0.29) is 29.1 Å². The van der Waals surface area contributed by atoms with Gasteiger partial charge in [-0.1, -0.05) is 0 Å². The van der Waals surface area contributed by atoms with Crippen LogP contribution in [0.15, 0.2) is 94.8 Å². The van der Waals surface area contributed by atoms with Crippen LogP contribution < -0.4 is 0 Å². The molecule has 262 valence electrons. The Balaban J connectivity index is 2.85. The fraction of sp³-hybridized carbons (Fsp3) is 0.553. The molecule has 1 atom stereocenters. The van der Waals surface area contributed by atoms with E-state index in [0.29, 0.717) is 0 Å². The zero-order valence-electron chi connectivity index (χ0n) is 29.6. The Bertz CT molecular complexity index is 1430. The number of carbonyl (C=O) groups is 1. The third kappa shape index (κ3) is 10.8. The molecule has 0 aliphatic carbocycles. The third-order valence-corrected chi connectivity index (χ3v) is 31.1. The summed E-state index contributed by atoms with van der Waals surface area (Å²) in [6.45, 7) is 15.5. The number of rotatable bonds is 22. The van der Waals surface area contributed by atoms with Crippen LogP contribution in [0.4, 0.5) is 0 Å². The predicted molar refractivity (Wildman–Crippen MR) is 198 cm³/mol. The van der Waals surface area contributed by atoms with Crippen LogP contribution in [0.25, 0.3) is 0 Å². The van der Waals surface area contributed by atoms with Gasteiger partial charge in [0, 0.05) is 0 Å². The molecule has 0 bridgehead atoms. The third-order valence-electron chi connectivity index (χ3n) is 9.49. The summed E-state index contributed by atoms with van der Waals surface area (Å²) >= 11 is -2.68. The summed E-state index contributed by atoms with van der Waals surface area (Å²) in [6.07, 6.45) is 9.89. The van der Waals surface area contributed by atoms with Crippen molar-refractivity contribution in [3.8, 4) is 0 Å². The topological polar surface area (TPSA) is 94.6 Å². The van der Waals surface area contributed by atoms with E-state index in [4.69, 9.17) is 4.74 Å². The van der Waals surface area contributed by atoms with Gasteiger partial charge in [-0.2, -0.15) is 0 Å². The van der Waals surface area contributed by atoms with E-state index in [0.717, 1.165) is 29.3 Å². The number of sulfone groups is 2. The van der Waals surface area contributed by atoms with E-state index >= 15 is 0 Å². The van der Waals surface area contributed by atoms with Crippen LogP contribution in [0.5, 0.6) is 0 Å². The Hall–Kier alpha value is -1.91. The van der Waals surface area contributed by atoms with Crippen molar-refractivity contribution in [1.29, 1.82) is 0 Å². The van der Waals surface area contributed by atoms with Crippen molar-refractivity contribution in [3.05, 3.63) is 85.0 Å². The SMILES string of the molecule is C=CC(C)(CCC(C/C=C(\C)[CH2][Sn]([CH2]CCC)([CH2]CCC)[CH2]CCC)(S(=O)(=O)c1ccccc1)S(=O)(=O)c1ccccc1)OC(C)=O. The first kappa shape index (κ1) is 41.3. The average molecular weight is 794 g/mol. The zero-order valence-corrected chi connectivity index (χ0v) is 34.1. The van der Waals surface area contributed by atoms with Crippen LogP contribution in [0.1, 0.15) is 99.3 Å². The van der Waals surface area contributed by atoms with Gasteiger partial charge in [-0.05, 0) is 0 Å². The van der Waals surface area contributed by atoms with Gasteiger partial charge >= 0.3 is 292 Å². The van der Waals surface area contributed by atoms with E-state index in [1.54, 1.807) is 43.3 Å². The van der Waals surface area contributed by atoms with Crippen molar-refractivity contribution in [2.75, 3.05) is 0 Å². The summed E-state index contributed by atoms with van der Waals surface area (Å²) in [6, 6.07) is 15.7. The van der Waals surface area contributed by atoms with Gasteiger partial charge in [-0.3, -0.25) is 0 Å². The van der Waals surface area contributed by atoms with Gasteiger partial charge in [0.25, 0.3) is 0 Å². The molecule has 0 saturated heterocycles. The molecule has 0 amide bonds. The number of esters is 1. The Morgan fingerprint density at radius 2 is 1.19 bits per heavy atom. The number of ether oxygens (including phenoxy) is 1. The average Bonchev–Trinajstić information content (AvgIpc) is 3.05. The second-order valence-electron chi connectivity index (χ2n) is 13.4. The fourth-order valence-corrected chi connectivity index (χ4v) is 28.5. The summed E-state index contributed by atoms with van der Waals surface area (Å²) in [5, 5.41) is 0. The summed E-state index contributed by atoms with van der Waals surface area (Å²) in [7, 11) is -9.00. The van der Waals surface area contributed by atoms with Crippen LogP contribution in [-0.4, -0.2) is 50.9 Å². The fourth-order valence-electron chi connectivity index (χ4n) is 6.61. The van der Waals surface area contributed by atoms with E-state index in [1.807, 2.05) is 6.08 Å². The van der Waals surface area contributed by atoms with Crippen LogP contribution >= 0.6 is 0 Å². The monoisotopic (exact) mass is 794 g/mol. The van der Waals surface area contributed by atoms with E-state index < -0.39 is 53.7 Å². The molecule has 2 aromatic rings. The number of carbonyl (C=O) groups excluding carboxylic acids is 1. The first-order chi connectivity index (χ1) is 22.2. The Kier molecular flexibility index (Phi) is 16.5. The molecule has 0 saturated carbocycles. The molecule has 0 aliphatic heterocycles. The number of hydrogen-bond donors (Lipinski definition) is 0. The summed E-state index contributed by atoms with van der Waals surface area (Å²) < 4.78 is 67.8. The Morgan fingerprint density at radius 1 is 0.766 bits per heavy atom. The van der Waals surface area contributed by atoms with Crippen molar-refractivity contribution in [2.45, 2.75) is 137 Å². The van der Waals surface area contributed by atoms with Gasteiger partial charge in [0.1, 0.15) is 0 Å². The number of hydrogen-bond acceptors (Lipinski definition) is 6. The van der Waals surface area contributed by atoms with Crippen LogP contribution in [0.3, 0.4) is 0 Å². The van der Waals surface area contributed by atoms with E-state index in [1.165, 1.54) is 69.8 Å². The Labute approximate surface area is 290 Å². The van der Waals surface area contributed by atoms with Gasteiger partial charge < -0.3 is 0 Å². The quantitative estimate of drug-likeness (QED) is 0.0670. The maximum atomic E-state index is 14.9. The van der Waals surface area contributed by atoms with Gasteiger partial charge in [0.05, 0.1) is 0 Å². The van der Waals surface area contributed by atoms with E-state index in [9.17, 15) is 21.6 Å². The molecule has 9 heteroatoms. The molecule has 6 nitrogen and oxygen atoms in total. The minimum atomic E-state index is -4.50. The molecule has 0 aliphatic rings. The second-order valence-corrected chi connectivity index (χ2v) is 32.0. The maximum absolute atomic E-state index is 14.9. The molecular weight excluding hydrogens is 735 g/mol. The standard InChI is InChI=1S/C26H31O6S2.3C4H9.Sn/c1-6-25(5,32-22(4)27)19-20-26(18-17-21(2)3,33(28,29)23-13-9-7-10-14-23)34(30,31)24-15-11-8-12-16-24;3*1-3-4-2;/h6-17H,1-2,18-20H2,3-5H3;3*1,3-4H2,2H3;/b21-17-;;;;. The molecule has 0 fully saturated rings. The number of unbranched alkanes of at least 4 members (excludes halogenated alkanes) is 3. The van der Waals surface area contributed by atoms with Gasteiger partial charge in [-0.25, -0.2) is 0 Å². The molecular formula is C38H58O6S2Sn. The normalized spacial score (nSPS) is 14.4. The summed E-state index contributed by atoms with van der Waals surface area (Å²) in [5.74, 6) is -0.555.